The molecule has 3 N–H and O–H groups in total. The molecule has 0 saturated heterocycles. The predicted molar refractivity (Wildman–Crippen MR) is 60.7 cm³/mol. The van der Waals surface area contributed by atoms with E-state index < -0.39 is 6.23 Å². The van der Waals surface area contributed by atoms with Crippen LogP contribution in [0.3, 0.4) is 0 Å². The van der Waals surface area contributed by atoms with E-state index in [1.54, 1.807) is 0 Å². The molecule has 0 aliphatic rings. The quantitative estimate of drug-likeness (QED) is 0.528. The molecule has 0 aliphatic carbocycles. The Morgan fingerprint density at radius 2 is 2.38 bits per heavy atom. The molecule has 2 heterocycles. The molecule has 0 radical (unpaired) electrons. The van der Waals surface area contributed by atoms with Gasteiger partial charge in [0.15, 0.2) is 11.5 Å². The van der Waals surface area contributed by atoms with Crippen LogP contribution in [0.4, 0.5) is 5.82 Å². The number of hydrogen-bond acceptors (Lipinski definition) is 5. The summed E-state index contributed by atoms with van der Waals surface area (Å²) < 4.78 is 0. The van der Waals surface area contributed by atoms with E-state index in [0.717, 1.165) is 5.57 Å². The number of aromatic nitrogens is 4. The molecular weight excluding hydrogens is 206 g/mol. The Hall–Kier alpha value is -1.95. The molecule has 1 atom stereocenters. The minimum atomic E-state index is -0.709. The first-order valence-electron chi connectivity index (χ1n) is 4.90. The summed E-state index contributed by atoms with van der Waals surface area (Å²) in [6.45, 7) is 5.59. The number of aliphatic hydroxyl groups is 1. The molecule has 84 valence electrons. The Bertz CT molecular complexity index is 507. The molecule has 6 nitrogen and oxygen atoms in total. The number of fused-ring (bicyclic) bond motifs is 1. The van der Waals surface area contributed by atoms with Crippen LogP contribution >= 0.6 is 0 Å². The SMILES string of the molecule is C=C(C)CC(O)Nc1ncnc2nc[nH]c12. The first-order valence-corrected chi connectivity index (χ1v) is 4.90. The third kappa shape index (κ3) is 2.17. The second kappa shape index (κ2) is 4.28. The Kier molecular flexibility index (Phi) is 2.82. The Labute approximate surface area is 92.5 Å². The van der Waals surface area contributed by atoms with Gasteiger partial charge in [-0.05, 0) is 6.92 Å². The molecule has 0 aromatic carbocycles. The highest BCUT2D eigenvalue weighted by Crippen LogP contribution is 2.16. The lowest BCUT2D eigenvalue weighted by Crippen LogP contribution is -2.19. The van der Waals surface area contributed by atoms with Crippen LogP contribution in [0.5, 0.6) is 0 Å². The number of nitrogens with one attached hydrogen (secondary N) is 2. The predicted octanol–water partition coefficient (Wildman–Crippen LogP) is 1.05. The fourth-order valence-electron chi connectivity index (χ4n) is 1.41. The van der Waals surface area contributed by atoms with Crippen molar-refractivity contribution in [2.75, 3.05) is 5.32 Å². The number of H-pyrrole nitrogens is 1. The number of rotatable bonds is 4. The van der Waals surface area contributed by atoms with Gasteiger partial charge < -0.3 is 15.4 Å². The molecule has 0 spiro atoms. The van der Waals surface area contributed by atoms with Crippen molar-refractivity contribution in [1.29, 1.82) is 0 Å². The van der Waals surface area contributed by atoms with Crippen molar-refractivity contribution in [1.82, 2.24) is 19.9 Å². The van der Waals surface area contributed by atoms with Crippen LogP contribution in [-0.2, 0) is 0 Å². The fraction of sp³-hybridized carbons (Fsp3) is 0.300. The van der Waals surface area contributed by atoms with Crippen molar-refractivity contribution in [3.8, 4) is 0 Å². The van der Waals surface area contributed by atoms with Gasteiger partial charge in [0.05, 0.1) is 6.33 Å². The highest BCUT2D eigenvalue weighted by Gasteiger charge is 2.09. The molecular formula is C10H13N5O. The molecule has 0 fully saturated rings. The van der Waals surface area contributed by atoms with Gasteiger partial charge in [0.25, 0.3) is 0 Å². The molecule has 16 heavy (non-hydrogen) atoms. The van der Waals surface area contributed by atoms with E-state index in [2.05, 4.69) is 31.8 Å². The highest BCUT2D eigenvalue weighted by atomic mass is 16.3. The fourth-order valence-corrected chi connectivity index (χ4v) is 1.41. The van der Waals surface area contributed by atoms with Gasteiger partial charge in [0, 0.05) is 6.42 Å². The second-order valence-electron chi connectivity index (χ2n) is 3.64. The monoisotopic (exact) mass is 219 g/mol. The molecule has 1 unspecified atom stereocenters. The summed E-state index contributed by atoms with van der Waals surface area (Å²) in [5.41, 5.74) is 2.15. The summed E-state index contributed by atoms with van der Waals surface area (Å²) in [5.74, 6) is 0.538. The zero-order valence-corrected chi connectivity index (χ0v) is 8.94. The zero-order valence-electron chi connectivity index (χ0n) is 8.94. The van der Waals surface area contributed by atoms with Gasteiger partial charge >= 0.3 is 0 Å². The van der Waals surface area contributed by atoms with Crippen LogP contribution in [0.15, 0.2) is 24.8 Å². The Morgan fingerprint density at radius 3 is 3.12 bits per heavy atom. The van der Waals surface area contributed by atoms with Gasteiger partial charge in [-0.25, -0.2) is 15.0 Å². The highest BCUT2D eigenvalue weighted by molar-refractivity contribution is 5.81. The van der Waals surface area contributed by atoms with Crippen LogP contribution in [0, 0.1) is 0 Å². The number of hydrogen-bond donors (Lipinski definition) is 3. The zero-order chi connectivity index (χ0) is 11.5. The topological polar surface area (TPSA) is 86.7 Å². The lowest BCUT2D eigenvalue weighted by molar-refractivity contribution is 0.204. The average Bonchev–Trinajstić information content (AvgIpc) is 2.65. The molecule has 2 aromatic rings. The van der Waals surface area contributed by atoms with Gasteiger partial charge in [0.1, 0.15) is 18.1 Å². The van der Waals surface area contributed by atoms with Crippen LogP contribution in [0.2, 0.25) is 0 Å². The number of aromatic amines is 1. The van der Waals surface area contributed by atoms with E-state index in [-0.39, 0.29) is 0 Å². The van der Waals surface area contributed by atoms with Gasteiger partial charge in [-0.15, -0.1) is 0 Å². The van der Waals surface area contributed by atoms with Crippen molar-refractivity contribution in [3.05, 3.63) is 24.8 Å². The van der Waals surface area contributed by atoms with E-state index in [4.69, 9.17) is 0 Å². The number of imidazole rings is 1. The van der Waals surface area contributed by atoms with Crippen molar-refractivity contribution >= 4 is 17.0 Å². The smallest absolute Gasteiger partial charge is 0.182 e. The first-order chi connectivity index (χ1) is 7.66. The summed E-state index contributed by atoms with van der Waals surface area (Å²) in [5, 5.41) is 12.6. The van der Waals surface area contributed by atoms with E-state index in [1.165, 1.54) is 12.7 Å². The van der Waals surface area contributed by atoms with Crippen molar-refractivity contribution in [2.45, 2.75) is 19.6 Å². The molecule has 6 heteroatoms. The van der Waals surface area contributed by atoms with Crippen LogP contribution in [-0.4, -0.2) is 31.3 Å². The molecule has 2 aromatic heterocycles. The van der Waals surface area contributed by atoms with Gasteiger partial charge in [-0.1, -0.05) is 12.2 Å². The minimum Gasteiger partial charge on any atom is -0.373 e. The maximum absolute atomic E-state index is 9.70. The van der Waals surface area contributed by atoms with Crippen LogP contribution in [0.25, 0.3) is 11.2 Å². The minimum absolute atomic E-state index is 0.472. The van der Waals surface area contributed by atoms with E-state index in [9.17, 15) is 5.11 Å². The maximum Gasteiger partial charge on any atom is 0.182 e. The number of aliphatic hydroxyl groups excluding tert-OH is 1. The van der Waals surface area contributed by atoms with Crippen molar-refractivity contribution < 1.29 is 5.11 Å². The Morgan fingerprint density at radius 1 is 1.56 bits per heavy atom. The van der Waals surface area contributed by atoms with Crippen LogP contribution < -0.4 is 5.32 Å². The van der Waals surface area contributed by atoms with E-state index in [1.807, 2.05) is 6.92 Å². The molecule has 0 amide bonds. The van der Waals surface area contributed by atoms with Gasteiger partial charge in [-0.3, -0.25) is 0 Å². The normalized spacial score (nSPS) is 12.6. The standard InChI is InChI=1S/C10H13N5O/c1-6(2)3-7(16)15-10-8-9(12-4-11-8)13-5-14-10/h4-5,7,16H,1,3H2,2H3,(H2,11,12,13,14,15). The second-order valence-corrected chi connectivity index (χ2v) is 3.64. The van der Waals surface area contributed by atoms with Crippen LogP contribution in [0.1, 0.15) is 13.3 Å². The molecule has 0 aliphatic heterocycles. The average molecular weight is 219 g/mol. The number of nitrogens with zero attached hydrogens (tertiary/aromatic N) is 3. The summed E-state index contributed by atoms with van der Waals surface area (Å²) >= 11 is 0. The summed E-state index contributed by atoms with van der Waals surface area (Å²) in [4.78, 5) is 14.9. The van der Waals surface area contributed by atoms with Gasteiger partial charge in [-0.2, -0.15) is 0 Å². The van der Waals surface area contributed by atoms with Crippen molar-refractivity contribution in [2.24, 2.45) is 0 Å². The van der Waals surface area contributed by atoms with Gasteiger partial charge in [0.2, 0.25) is 0 Å². The lowest BCUT2D eigenvalue weighted by Gasteiger charge is -2.13. The van der Waals surface area contributed by atoms with E-state index >= 15 is 0 Å². The summed E-state index contributed by atoms with van der Waals surface area (Å²) in [6.07, 6.45) is 2.70. The summed E-state index contributed by atoms with van der Waals surface area (Å²) in [6, 6.07) is 0. The molecule has 0 saturated carbocycles. The third-order valence-electron chi connectivity index (χ3n) is 2.07. The third-order valence-corrected chi connectivity index (χ3v) is 2.07. The molecule has 0 bridgehead atoms. The summed E-state index contributed by atoms with van der Waals surface area (Å²) in [7, 11) is 0. The Balaban J connectivity index is 2.20. The first kappa shape index (κ1) is 10.6. The van der Waals surface area contributed by atoms with E-state index in [0.29, 0.717) is 23.4 Å². The van der Waals surface area contributed by atoms with Crippen molar-refractivity contribution in [3.63, 3.8) is 0 Å². The lowest BCUT2D eigenvalue weighted by atomic mass is 10.2. The molecule has 2 rings (SSSR count). The largest absolute Gasteiger partial charge is 0.373 e. The number of anilines is 1. The maximum atomic E-state index is 9.70.